The van der Waals surface area contributed by atoms with Gasteiger partial charge in [0.15, 0.2) is 0 Å². The van der Waals surface area contributed by atoms with Crippen LogP contribution < -0.4 is 0 Å². The van der Waals surface area contributed by atoms with Crippen LogP contribution in [0.25, 0.3) is 0 Å². The van der Waals surface area contributed by atoms with E-state index >= 15 is 0 Å². The van der Waals surface area contributed by atoms with Gasteiger partial charge in [0.1, 0.15) is 0 Å². The molecule has 2 aliphatic heterocycles. The molecule has 5 nitrogen and oxygen atoms in total. The van der Waals surface area contributed by atoms with E-state index in [9.17, 15) is 14.7 Å². The summed E-state index contributed by atoms with van der Waals surface area (Å²) in [6.07, 6.45) is 3.37. The van der Waals surface area contributed by atoms with Crippen LogP contribution in [0.4, 0.5) is 0 Å². The number of amides is 1. The Morgan fingerprint density at radius 1 is 1.11 bits per heavy atom. The maximum Gasteiger partial charge on any atom is 0.309 e. The summed E-state index contributed by atoms with van der Waals surface area (Å²) in [6.45, 7) is 8.55. The first kappa shape index (κ1) is 20.8. The number of benzene rings is 1. The van der Waals surface area contributed by atoms with Crippen molar-refractivity contribution in [1.29, 1.82) is 0 Å². The maximum absolute atomic E-state index is 12.6. The van der Waals surface area contributed by atoms with Crippen LogP contribution in [-0.4, -0.2) is 47.7 Å². The van der Waals surface area contributed by atoms with Gasteiger partial charge >= 0.3 is 5.97 Å². The average Bonchev–Trinajstić information content (AvgIpc) is 3.16. The normalized spacial score (nSPS) is 23.8. The van der Waals surface area contributed by atoms with E-state index in [0.29, 0.717) is 32.5 Å². The standard InChI is InChI=1S/C23H33NO4/c1-23(2,3)18-7-4-16(5-8-18)6-9-20(25)24-13-10-17(11-14-24)21-19(22(26)27)12-15-28-21/h4-5,7-8,17,19,21H,6,9-15H2,1-3H3,(H,26,27)/t19?,21-/m0/s1. The second-order valence-electron chi connectivity index (χ2n) is 9.23. The molecule has 5 heteroatoms. The number of carbonyl (C=O) groups excluding carboxylic acids is 1. The summed E-state index contributed by atoms with van der Waals surface area (Å²) in [4.78, 5) is 25.9. The van der Waals surface area contributed by atoms with Crippen LogP contribution in [0.15, 0.2) is 24.3 Å². The van der Waals surface area contributed by atoms with Crippen molar-refractivity contribution in [3.8, 4) is 0 Å². The van der Waals surface area contributed by atoms with E-state index in [1.807, 2.05) is 4.90 Å². The van der Waals surface area contributed by atoms with Gasteiger partial charge in [-0.3, -0.25) is 9.59 Å². The second kappa shape index (κ2) is 8.64. The molecule has 28 heavy (non-hydrogen) atoms. The number of carboxylic acid groups (broad SMARTS) is 1. The predicted molar refractivity (Wildman–Crippen MR) is 108 cm³/mol. The Labute approximate surface area is 168 Å². The van der Waals surface area contributed by atoms with Crippen molar-refractivity contribution in [1.82, 2.24) is 4.90 Å². The van der Waals surface area contributed by atoms with Gasteiger partial charge in [0.05, 0.1) is 12.0 Å². The van der Waals surface area contributed by atoms with Crippen LogP contribution in [-0.2, 0) is 26.2 Å². The highest BCUT2D eigenvalue weighted by atomic mass is 16.5. The van der Waals surface area contributed by atoms with Crippen LogP contribution in [0.3, 0.4) is 0 Å². The molecule has 1 N–H and O–H groups in total. The van der Waals surface area contributed by atoms with Gasteiger partial charge in [0, 0.05) is 26.1 Å². The Morgan fingerprint density at radius 2 is 1.75 bits per heavy atom. The minimum absolute atomic E-state index is 0.140. The van der Waals surface area contributed by atoms with Gasteiger partial charge in [-0.15, -0.1) is 0 Å². The summed E-state index contributed by atoms with van der Waals surface area (Å²) in [6, 6.07) is 8.57. The SMILES string of the molecule is CC(C)(C)c1ccc(CCC(=O)N2CCC([C@@H]3OCCC3C(=O)O)CC2)cc1. The Balaban J connectivity index is 1.46. The highest BCUT2D eigenvalue weighted by Crippen LogP contribution is 2.33. The van der Waals surface area contributed by atoms with Gasteiger partial charge in [-0.25, -0.2) is 0 Å². The van der Waals surface area contributed by atoms with Crippen molar-refractivity contribution in [2.24, 2.45) is 11.8 Å². The van der Waals surface area contributed by atoms with E-state index in [1.54, 1.807) is 0 Å². The molecular formula is C23H33NO4. The van der Waals surface area contributed by atoms with Gasteiger partial charge in [-0.1, -0.05) is 45.0 Å². The minimum Gasteiger partial charge on any atom is -0.481 e. The third-order valence-electron chi connectivity index (χ3n) is 6.26. The minimum atomic E-state index is -0.751. The number of carboxylic acids is 1. The Kier molecular flexibility index (Phi) is 6.43. The molecule has 2 saturated heterocycles. The Bertz CT molecular complexity index is 684. The molecule has 2 fully saturated rings. The van der Waals surface area contributed by atoms with Crippen LogP contribution in [0, 0.1) is 11.8 Å². The molecule has 3 rings (SSSR count). The summed E-state index contributed by atoms with van der Waals surface area (Å²) in [5, 5.41) is 9.35. The molecule has 154 valence electrons. The molecule has 2 heterocycles. The van der Waals surface area contributed by atoms with Gasteiger partial charge in [0.25, 0.3) is 0 Å². The van der Waals surface area contributed by atoms with Crippen LogP contribution in [0.5, 0.6) is 0 Å². The molecule has 0 saturated carbocycles. The van der Waals surface area contributed by atoms with Gasteiger partial charge in [-0.2, -0.15) is 0 Å². The van der Waals surface area contributed by atoms with Crippen molar-refractivity contribution in [2.45, 2.75) is 64.4 Å². The molecule has 0 spiro atoms. The Morgan fingerprint density at radius 3 is 2.32 bits per heavy atom. The van der Waals surface area contributed by atoms with Crippen molar-refractivity contribution in [3.63, 3.8) is 0 Å². The van der Waals surface area contributed by atoms with Crippen molar-refractivity contribution >= 4 is 11.9 Å². The number of carbonyl (C=O) groups is 2. The summed E-state index contributed by atoms with van der Waals surface area (Å²) in [5.74, 6) is -0.695. The zero-order valence-electron chi connectivity index (χ0n) is 17.3. The zero-order valence-corrected chi connectivity index (χ0v) is 17.3. The molecule has 1 aromatic rings. The van der Waals surface area contributed by atoms with E-state index < -0.39 is 5.97 Å². The summed E-state index contributed by atoms with van der Waals surface area (Å²) < 4.78 is 5.72. The molecule has 1 amide bonds. The summed E-state index contributed by atoms with van der Waals surface area (Å²) in [7, 11) is 0. The van der Waals surface area contributed by atoms with Gasteiger partial charge in [0.2, 0.25) is 5.91 Å². The molecule has 1 aromatic carbocycles. The average molecular weight is 388 g/mol. The number of hydrogen-bond donors (Lipinski definition) is 1. The topological polar surface area (TPSA) is 66.8 Å². The zero-order chi connectivity index (χ0) is 20.3. The quantitative estimate of drug-likeness (QED) is 0.838. The lowest BCUT2D eigenvalue weighted by Crippen LogP contribution is -2.43. The lowest BCUT2D eigenvalue weighted by atomic mass is 9.84. The van der Waals surface area contributed by atoms with E-state index in [4.69, 9.17) is 4.74 Å². The molecule has 0 radical (unpaired) electrons. The molecule has 0 aromatic heterocycles. The third kappa shape index (κ3) is 4.93. The predicted octanol–water partition coefficient (Wildman–Crippen LogP) is 3.65. The van der Waals surface area contributed by atoms with Crippen LogP contribution >= 0.6 is 0 Å². The highest BCUT2D eigenvalue weighted by molar-refractivity contribution is 5.76. The van der Waals surface area contributed by atoms with Gasteiger partial charge < -0.3 is 14.7 Å². The molecular weight excluding hydrogens is 354 g/mol. The van der Waals surface area contributed by atoms with Crippen molar-refractivity contribution in [3.05, 3.63) is 35.4 Å². The van der Waals surface area contributed by atoms with E-state index in [2.05, 4.69) is 45.0 Å². The van der Waals surface area contributed by atoms with E-state index in [-0.39, 0.29) is 29.3 Å². The Hall–Kier alpha value is -1.88. The first-order valence-corrected chi connectivity index (χ1v) is 10.5. The largest absolute Gasteiger partial charge is 0.481 e. The number of piperidine rings is 1. The number of rotatable bonds is 5. The number of likely N-dealkylation sites (tertiary alicyclic amines) is 1. The van der Waals surface area contributed by atoms with Crippen LogP contribution in [0.2, 0.25) is 0 Å². The lowest BCUT2D eigenvalue weighted by molar-refractivity contribution is -0.146. The van der Waals surface area contributed by atoms with E-state index in [0.717, 1.165) is 19.3 Å². The maximum atomic E-state index is 12.6. The second-order valence-corrected chi connectivity index (χ2v) is 9.23. The molecule has 2 aliphatic rings. The van der Waals surface area contributed by atoms with Crippen LogP contribution in [0.1, 0.15) is 57.6 Å². The monoisotopic (exact) mass is 387 g/mol. The molecule has 0 bridgehead atoms. The first-order valence-electron chi connectivity index (χ1n) is 10.5. The molecule has 0 aliphatic carbocycles. The summed E-state index contributed by atoms with van der Waals surface area (Å²) in [5.41, 5.74) is 2.64. The number of ether oxygens (including phenoxy) is 1. The lowest BCUT2D eigenvalue weighted by Gasteiger charge is -2.35. The number of aliphatic carboxylic acids is 1. The molecule has 2 atom stereocenters. The fraction of sp³-hybridized carbons (Fsp3) is 0.652. The number of aryl methyl sites for hydroxylation is 1. The smallest absolute Gasteiger partial charge is 0.309 e. The fourth-order valence-corrected chi connectivity index (χ4v) is 4.40. The molecule has 1 unspecified atom stereocenters. The van der Waals surface area contributed by atoms with Crippen molar-refractivity contribution < 1.29 is 19.4 Å². The first-order chi connectivity index (χ1) is 13.3. The number of nitrogens with zero attached hydrogens (tertiary/aromatic N) is 1. The van der Waals surface area contributed by atoms with Gasteiger partial charge in [-0.05, 0) is 48.1 Å². The van der Waals surface area contributed by atoms with E-state index in [1.165, 1.54) is 11.1 Å². The summed E-state index contributed by atoms with van der Waals surface area (Å²) >= 11 is 0. The number of hydrogen-bond acceptors (Lipinski definition) is 3. The highest BCUT2D eigenvalue weighted by Gasteiger charge is 2.40. The van der Waals surface area contributed by atoms with Crippen molar-refractivity contribution in [2.75, 3.05) is 19.7 Å². The fourth-order valence-electron chi connectivity index (χ4n) is 4.40. The third-order valence-corrected chi connectivity index (χ3v) is 6.26.